The number of nitrogens with one attached hydrogen (secondary N) is 1. The van der Waals surface area contributed by atoms with Crippen LogP contribution in [0.5, 0.6) is 0 Å². The van der Waals surface area contributed by atoms with E-state index in [4.69, 9.17) is 0 Å². The average molecular weight is 285 g/mol. The highest BCUT2D eigenvalue weighted by molar-refractivity contribution is 5.53. The van der Waals surface area contributed by atoms with Crippen LogP contribution in [0.25, 0.3) is 0 Å². The third-order valence-corrected chi connectivity index (χ3v) is 4.14. The van der Waals surface area contributed by atoms with Crippen molar-refractivity contribution >= 4 is 5.69 Å². The van der Waals surface area contributed by atoms with E-state index in [1.807, 2.05) is 0 Å². The maximum Gasteiger partial charge on any atom is 0.418 e. The third kappa shape index (κ3) is 3.90. The predicted octanol–water partition coefficient (Wildman–Crippen LogP) is 5.48. The zero-order valence-electron chi connectivity index (χ0n) is 11.8. The van der Waals surface area contributed by atoms with Crippen molar-refractivity contribution in [2.24, 2.45) is 5.92 Å². The van der Waals surface area contributed by atoms with Crippen molar-refractivity contribution in [1.29, 1.82) is 0 Å². The van der Waals surface area contributed by atoms with E-state index in [0.717, 1.165) is 37.7 Å². The number of alkyl halides is 3. The molecule has 1 saturated carbocycles. The molecule has 0 saturated heterocycles. The molecule has 1 fully saturated rings. The number of rotatable bonds is 4. The van der Waals surface area contributed by atoms with Gasteiger partial charge in [0.25, 0.3) is 0 Å². The first kappa shape index (κ1) is 15.2. The first-order chi connectivity index (χ1) is 9.50. The van der Waals surface area contributed by atoms with Crippen LogP contribution in [0, 0.1) is 5.92 Å². The zero-order valence-corrected chi connectivity index (χ0v) is 11.8. The first-order valence-corrected chi connectivity index (χ1v) is 7.43. The molecule has 1 nitrogen and oxygen atoms in total. The second-order valence-electron chi connectivity index (χ2n) is 5.69. The lowest BCUT2D eigenvalue weighted by Crippen LogP contribution is -2.27. The molecule has 0 aliphatic heterocycles. The van der Waals surface area contributed by atoms with Gasteiger partial charge in [-0.15, -0.1) is 0 Å². The van der Waals surface area contributed by atoms with Gasteiger partial charge in [-0.1, -0.05) is 31.9 Å². The molecule has 1 aliphatic rings. The largest absolute Gasteiger partial charge is 0.418 e. The van der Waals surface area contributed by atoms with E-state index >= 15 is 0 Å². The fourth-order valence-electron chi connectivity index (χ4n) is 3.08. The smallest absolute Gasteiger partial charge is 0.382 e. The average Bonchev–Trinajstić information content (AvgIpc) is 2.41. The molecule has 0 heterocycles. The van der Waals surface area contributed by atoms with Crippen LogP contribution in [-0.4, -0.2) is 6.04 Å². The Morgan fingerprint density at radius 2 is 1.75 bits per heavy atom. The van der Waals surface area contributed by atoms with Crippen molar-refractivity contribution in [2.45, 2.75) is 57.7 Å². The molecule has 1 aromatic rings. The standard InChI is InChI=1S/C16H22F3N/c1-2-5-12-8-10-13(11-9-12)20-15-7-4-3-6-14(15)16(17,18)19/h3-4,6-7,12-13,20H,2,5,8-11H2,1H3. The van der Waals surface area contributed by atoms with E-state index in [0.29, 0.717) is 0 Å². The summed E-state index contributed by atoms with van der Waals surface area (Å²) in [6.45, 7) is 2.18. The maximum absolute atomic E-state index is 12.9. The van der Waals surface area contributed by atoms with Crippen LogP contribution >= 0.6 is 0 Å². The summed E-state index contributed by atoms with van der Waals surface area (Å²) in [4.78, 5) is 0. The lowest BCUT2D eigenvalue weighted by atomic mass is 9.83. The van der Waals surface area contributed by atoms with Gasteiger partial charge < -0.3 is 5.32 Å². The van der Waals surface area contributed by atoms with Crippen LogP contribution < -0.4 is 5.32 Å². The highest BCUT2D eigenvalue weighted by Gasteiger charge is 2.33. The van der Waals surface area contributed by atoms with Crippen LogP contribution in [0.4, 0.5) is 18.9 Å². The molecule has 0 bridgehead atoms. The SMILES string of the molecule is CCCC1CCC(Nc2ccccc2C(F)(F)F)CC1. The van der Waals surface area contributed by atoms with Crippen molar-refractivity contribution < 1.29 is 13.2 Å². The normalized spacial score (nSPS) is 23.6. The van der Waals surface area contributed by atoms with Gasteiger partial charge in [0.2, 0.25) is 0 Å². The van der Waals surface area contributed by atoms with Crippen LogP contribution in [-0.2, 0) is 6.18 Å². The minimum Gasteiger partial charge on any atom is -0.382 e. The molecule has 112 valence electrons. The summed E-state index contributed by atoms with van der Waals surface area (Å²) < 4.78 is 38.8. The van der Waals surface area contributed by atoms with E-state index in [1.54, 1.807) is 6.07 Å². The van der Waals surface area contributed by atoms with Gasteiger partial charge in [0.05, 0.1) is 5.56 Å². The molecule has 20 heavy (non-hydrogen) atoms. The molecule has 0 unspecified atom stereocenters. The Balaban J connectivity index is 1.98. The van der Waals surface area contributed by atoms with Crippen molar-refractivity contribution in [3.8, 4) is 0 Å². The third-order valence-electron chi connectivity index (χ3n) is 4.14. The van der Waals surface area contributed by atoms with Crippen LogP contribution in [0.2, 0.25) is 0 Å². The molecular weight excluding hydrogens is 263 g/mol. The predicted molar refractivity (Wildman–Crippen MR) is 75.7 cm³/mol. The molecule has 0 spiro atoms. The van der Waals surface area contributed by atoms with Crippen LogP contribution in [0.15, 0.2) is 24.3 Å². The fraction of sp³-hybridized carbons (Fsp3) is 0.625. The lowest BCUT2D eigenvalue weighted by molar-refractivity contribution is -0.137. The monoisotopic (exact) mass is 285 g/mol. The summed E-state index contributed by atoms with van der Waals surface area (Å²) in [6.07, 6.45) is 2.33. The quantitative estimate of drug-likeness (QED) is 0.772. The van der Waals surface area contributed by atoms with Gasteiger partial charge >= 0.3 is 6.18 Å². The Hall–Kier alpha value is -1.19. The molecule has 1 aliphatic carbocycles. The van der Waals surface area contributed by atoms with E-state index in [9.17, 15) is 13.2 Å². The first-order valence-electron chi connectivity index (χ1n) is 7.43. The Morgan fingerprint density at radius 3 is 2.35 bits per heavy atom. The van der Waals surface area contributed by atoms with Crippen molar-refractivity contribution in [3.05, 3.63) is 29.8 Å². The molecule has 2 rings (SSSR count). The van der Waals surface area contributed by atoms with Gasteiger partial charge in [0.15, 0.2) is 0 Å². The molecule has 0 amide bonds. The number of halogens is 3. The molecule has 0 atom stereocenters. The second kappa shape index (κ2) is 6.51. The summed E-state index contributed by atoms with van der Waals surface area (Å²) in [5, 5.41) is 3.10. The van der Waals surface area contributed by atoms with E-state index < -0.39 is 11.7 Å². The number of hydrogen-bond acceptors (Lipinski definition) is 1. The Labute approximate surface area is 118 Å². The van der Waals surface area contributed by atoms with E-state index in [2.05, 4.69) is 12.2 Å². The second-order valence-corrected chi connectivity index (χ2v) is 5.69. The Bertz CT molecular complexity index is 420. The number of para-hydroxylation sites is 1. The molecule has 1 aromatic carbocycles. The number of hydrogen-bond donors (Lipinski definition) is 1. The minimum absolute atomic E-state index is 0.173. The Morgan fingerprint density at radius 1 is 1.10 bits per heavy atom. The van der Waals surface area contributed by atoms with E-state index in [1.165, 1.54) is 25.0 Å². The molecule has 4 heteroatoms. The van der Waals surface area contributed by atoms with Gasteiger partial charge in [-0.25, -0.2) is 0 Å². The fourth-order valence-corrected chi connectivity index (χ4v) is 3.08. The summed E-state index contributed by atoms with van der Waals surface area (Å²) in [7, 11) is 0. The number of benzene rings is 1. The van der Waals surface area contributed by atoms with Crippen molar-refractivity contribution in [3.63, 3.8) is 0 Å². The van der Waals surface area contributed by atoms with Gasteiger partial charge in [0.1, 0.15) is 0 Å². The molecule has 0 aromatic heterocycles. The minimum atomic E-state index is -4.29. The maximum atomic E-state index is 12.9. The summed E-state index contributed by atoms with van der Waals surface area (Å²) >= 11 is 0. The number of anilines is 1. The molecule has 0 radical (unpaired) electrons. The summed E-state index contributed by atoms with van der Waals surface area (Å²) in [5.74, 6) is 0.760. The van der Waals surface area contributed by atoms with Crippen LogP contribution in [0.3, 0.4) is 0 Å². The van der Waals surface area contributed by atoms with Crippen molar-refractivity contribution in [1.82, 2.24) is 0 Å². The molecule has 1 N–H and O–H groups in total. The lowest BCUT2D eigenvalue weighted by Gasteiger charge is -2.30. The summed E-state index contributed by atoms with van der Waals surface area (Å²) in [5.41, 5.74) is -0.338. The summed E-state index contributed by atoms with van der Waals surface area (Å²) in [6, 6.07) is 5.94. The van der Waals surface area contributed by atoms with Crippen LogP contribution in [0.1, 0.15) is 51.0 Å². The zero-order chi connectivity index (χ0) is 14.6. The van der Waals surface area contributed by atoms with E-state index in [-0.39, 0.29) is 11.7 Å². The highest BCUT2D eigenvalue weighted by Crippen LogP contribution is 2.36. The van der Waals surface area contributed by atoms with Gasteiger partial charge in [-0.3, -0.25) is 0 Å². The van der Waals surface area contributed by atoms with Gasteiger partial charge in [-0.05, 0) is 43.7 Å². The Kier molecular flexibility index (Phi) is 4.95. The van der Waals surface area contributed by atoms with Crippen molar-refractivity contribution in [2.75, 3.05) is 5.32 Å². The van der Waals surface area contributed by atoms with Gasteiger partial charge in [-0.2, -0.15) is 13.2 Å². The molecular formula is C16H22F3N. The topological polar surface area (TPSA) is 12.0 Å². The highest BCUT2D eigenvalue weighted by atomic mass is 19.4. The van der Waals surface area contributed by atoms with Gasteiger partial charge in [0, 0.05) is 11.7 Å².